The zero-order chi connectivity index (χ0) is 5.98. The van der Waals surface area contributed by atoms with Crippen molar-refractivity contribution >= 4 is 11.8 Å². The van der Waals surface area contributed by atoms with Crippen LogP contribution in [0.15, 0.2) is 0 Å². The predicted octanol–water partition coefficient (Wildman–Crippen LogP) is 1.23. The third kappa shape index (κ3) is 1.39. The van der Waals surface area contributed by atoms with Gasteiger partial charge in [-0.05, 0) is 25.5 Å². The normalized spacial score (nSPS) is 38.2. The highest BCUT2D eigenvalue weighted by molar-refractivity contribution is 7.99. The van der Waals surface area contributed by atoms with E-state index in [1.807, 2.05) is 11.8 Å². The van der Waals surface area contributed by atoms with Crippen LogP contribution in [0.4, 0.5) is 0 Å². The summed E-state index contributed by atoms with van der Waals surface area (Å²) in [5.41, 5.74) is 5.69. The highest BCUT2D eigenvalue weighted by atomic mass is 32.2. The van der Waals surface area contributed by atoms with Crippen LogP contribution in [0.5, 0.6) is 0 Å². The van der Waals surface area contributed by atoms with Crippen molar-refractivity contribution in [3.63, 3.8) is 0 Å². The largest absolute Gasteiger partial charge is 0.328 e. The molecule has 0 unspecified atom stereocenters. The molecule has 0 heterocycles. The average Bonchev–Trinajstić information content (AvgIpc) is 2.14. The monoisotopic (exact) mass is 131 g/mol. The first-order valence-electron chi connectivity index (χ1n) is 3.11. The quantitative estimate of drug-likeness (QED) is 0.579. The fourth-order valence-electron chi connectivity index (χ4n) is 1.19. The van der Waals surface area contributed by atoms with Crippen molar-refractivity contribution in [3.05, 3.63) is 0 Å². The van der Waals surface area contributed by atoms with Gasteiger partial charge in [0.05, 0.1) is 0 Å². The van der Waals surface area contributed by atoms with Crippen LogP contribution in [0.25, 0.3) is 0 Å². The maximum atomic E-state index is 5.69. The standard InChI is InChI=1S/C6H13NS/c1-8-6-3-2-5(7)4-6/h5-6H,2-4,7H2,1H3/t5-,6-/m0/s1. The predicted molar refractivity (Wildman–Crippen MR) is 39.1 cm³/mol. The summed E-state index contributed by atoms with van der Waals surface area (Å²) < 4.78 is 0. The van der Waals surface area contributed by atoms with Crippen molar-refractivity contribution in [1.29, 1.82) is 0 Å². The summed E-state index contributed by atoms with van der Waals surface area (Å²) in [5, 5.41) is 0.866. The molecule has 0 aromatic carbocycles. The molecule has 0 amide bonds. The molecule has 1 nitrogen and oxygen atoms in total. The van der Waals surface area contributed by atoms with Crippen LogP contribution >= 0.6 is 11.8 Å². The Morgan fingerprint density at radius 1 is 1.50 bits per heavy atom. The number of nitrogens with two attached hydrogens (primary N) is 1. The van der Waals surface area contributed by atoms with Gasteiger partial charge in [0.25, 0.3) is 0 Å². The highest BCUT2D eigenvalue weighted by Gasteiger charge is 2.19. The molecule has 8 heavy (non-hydrogen) atoms. The van der Waals surface area contributed by atoms with Crippen LogP contribution in [-0.2, 0) is 0 Å². The molecule has 2 atom stereocenters. The van der Waals surface area contributed by atoms with Crippen LogP contribution < -0.4 is 5.73 Å². The van der Waals surface area contributed by atoms with Gasteiger partial charge in [0.15, 0.2) is 0 Å². The van der Waals surface area contributed by atoms with Gasteiger partial charge in [-0.1, -0.05) is 0 Å². The highest BCUT2D eigenvalue weighted by Crippen LogP contribution is 2.26. The Bertz CT molecular complexity index is 74.9. The summed E-state index contributed by atoms with van der Waals surface area (Å²) in [6.07, 6.45) is 5.98. The van der Waals surface area contributed by atoms with Gasteiger partial charge in [0.2, 0.25) is 0 Å². The minimum absolute atomic E-state index is 0.507. The smallest absolute Gasteiger partial charge is 0.00595 e. The van der Waals surface area contributed by atoms with Crippen molar-refractivity contribution < 1.29 is 0 Å². The van der Waals surface area contributed by atoms with Crippen molar-refractivity contribution in [2.75, 3.05) is 6.26 Å². The number of hydrogen-bond donors (Lipinski definition) is 1. The molecule has 1 fully saturated rings. The molecule has 0 radical (unpaired) electrons. The van der Waals surface area contributed by atoms with Gasteiger partial charge in [0.1, 0.15) is 0 Å². The Morgan fingerprint density at radius 3 is 2.50 bits per heavy atom. The maximum absolute atomic E-state index is 5.69. The van der Waals surface area contributed by atoms with E-state index < -0.39 is 0 Å². The van der Waals surface area contributed by atoms with Crippen molar-refractivity contribution in [2.24, 2.45) is 5.73 Å². The van der Waals surface area contributed by atoms with Gasteiger partial charge in [-0.2, -0.15) is 11.8 Å². The zero-order valence-electron chi connectivity index (χ0n) is 5.26. The van der Waals surface area contributed by atoms with Crippen LogP contribution in [-0.4, -0.2) is 17.5 Å². The van der Waals surface area contributed by atoms with E-state index in [2.05, 4.69) is 6.26 Å². The Kier molecular flexibility index (Phi) is 2.20. The average molecular weight is 131 g/mol. The van der Waals surface area contributed by atoms with E-state index in [0.29, 0.717) is 6.04 Å². The molecule has 1 aliphatic carbocycles. The summed E-state index contributed by atoms with van der Waals surface area (Å²) in [7, 11) is 0. The molecule has 0 spiro atoms. The van der Waals surface area contributed by atoms with E-state index in [1.54, 1.807) is 0 Å². The minimum atomic E-state index is 0.507. The number of hydrogen-bond acceptors (Lipinski definition) is 2. The Balaban J connectivity index is 2.22. The first kappa shape index (κ1) is 6.43. The third-order valence-corrected chi connectivity index (χ3v) is 2.85. The molecule has 0 bridgehead atoms. The summed E-state index contributed by atoms with van der Waals surface area (Å²) in [4.78, 5) is 0. The lowest BCUT2D eigenvalue weighted by atomic mass is 10.3. The van der Waals surface area contributed by atoms with Gasteiger partial charge in [0, 0.05) is 11.3 Å². The first-order valence-corrected chi connectivity index (χ1v) is 4.40. The van der Waals surface area contributed by atoms with Crippen molar-refractivity contribution in [2.45, 2.75) is 30.6 Å². The van der Waals surface area contributed by atoms with Crippen molar-refractivity contribution in [3.8, 4) is 0 Å². The molecule has 0 aromatic rings. The molecule has 1 saturated carbocycles. The second-order valence-electron chi connectivity index (χ2n) is 2.43. The first-order chi connectivity index (χ1) is 3.83. The molecule has 1 aliphatic rings. The summed E-state index contributed by atoms with van der Waals surface area (Å²) in [6.45, 7) is 0. The zero-order valence-corrected chi connectivity index (χ0v) is 6.08. The van der Waals surface area contributed by atoms with Crippen LogP contribution in [0, 0.1) is 0 Å². The van der Waals surface area contributed by atoms with E-state index >= 15 is 0 Å². The Hall–Kier alpha value is 0.310. The molecule has 1 rings (SSSR count). The fourth-order valence-corrected chi connectivity index (χ4v) is 2.00. The fraction of sp³-hybridized carbons (Fsp3) is 1.00. The lowest BCUT2D eigenvalue weighted by Gasteiger charge is -2.02. The molecular weight excluding hydrogens is 118 g/mol. The lowest BCUT2D eigenvalue weighted by Crippen LogP contribution is -2.14. The molecule has 0 saturated heterocycles. The molecule has 48 valence electrons. The van der Waals surface area contributed by atoms with E-state index in [-0.39, 0.29) is 0 Å². The SMILES string of the molecule is CS[C@H]1CC[C@H](N)C1. The van der Waals surface area contributed by atoms with Crippen LogP contribution in [0.2, 0.25) is 0 Å². The van der Waals surface area contributed by atoms with Gasteiger partial charge < -0.3 is 5.73 Å². The van der Waals surface area contributed by atoms with Crippen LogP contribution in [0.1, 0.15) is 19.3 Å². The van der Waals surface area contributed by atoms with E-state index in [0.717, 1.165) is 5.25 Å². The second-order valence-corrected chi connectivity index (χ2v) is 3.57. The van der Waals surface area contributed by atoms with Gasteiger partial charge >= 0.3 is 0 Å². The molecule has 2 heteroatoms. The lowest BCUT2D eigenvalue weighted by molar-refractivity contribution is 0.706. The Labute approximate surface area is 55.0 Å². The van der Waals surface area contributed by atoms with E-state index in [4.69, 9.17) is 5.73 Å². The van der Waals surface area contributed by atoms with Gasteiger partial charge in [-0.3, -0.25) is 0 Å². The second kappa shape index (κ2) is 2.74. The molecule has 0 aliphatic heterocycles. The van der Waals surface area contributed by atoms with Gasteiger partial charge in [-0.15, -0.1) is 0 Å². The minimum Gasteiger partial charge on any atom is -0.328 e. The summed E-state index contributed by atoms with van der Waals surface area (Å²) in [6, 6.07) is 0.507. The number of thioether (sulfide) groups is 1. The van der Waals surface area contributed by atoms with E-state index in [9.17, 15) is 0 Å². The third-order valence-electron chi connectivity index (χ3n) is 1.76. The molecule has 2 N–H and O–H groups in total. The molecular formula is C6H13NS. The van der Waals surface area contributed by atoms with Crippen molar-refractivity contribution in [1.82, 2.24) is 0 Å². The Morgan fingerprint density at radius 2 is 2.25 bits per heavy atom. The topological polar surface area (TPSA) is 26.0 Å². The van der Waals surface area contributed by atoms with Crippen LogP contribution in [0.3, 0.4) is 0 Å². The molecule has 0 aromatic heterocycles. The summed E-state index contributed by atoms with van der Waals surface area (Å²) in [5.74, 6) is 0. The maximum Gasteiger partial charge on any atom is 0.00595 e. The van der Waals surface area contributed by atoms with E-state index in [1.165, 1.54) is 19.3 Å². The number of rotatable bonds is 1. The van der Waals surface area contributed by atoms with Gasteiger partial charge in [-0.25, -0.2) is 0 Å². The summed E-state index contributed by atoms with van der Waals surface area (Å²) >= 11 is 1.96.